The van der Waals surface area contributed by atoms with Gasteiger partial charge in [0.2, 0.25) is 0 Å². The summed E-state index contributed by atoms with van der Waals surface area (Å²) >= 11 is 3.40. The number of aryl methyl sites for hydroxylation is 1. The number of fused-ring (bicyclic) bond motifs is 1. The van der Waals surface area contributed by atoms with Gasteiger partial charge in [0.15, 0.2) is 0 Å². The fourth-order valence-electron chi connectivity index (χ4n) is 2.84. The van der Waals surface area contributed by atoms with E-state index in [4.69, 9.17) is 0 Å². The highest BCUT2D eigenvalue weighted by molar-refractivity contribution is 9.10. The van der Waals surface area contributed by atoms with Crippen LogP contribution in [0, 0.1) is 13.8 Å². The highest BCUT2D eigenvalue weighted by Gasteiger charge is 2.25. The summed E-state index contributed by atoms with van der Waals surface area (Å²) in [6, 6.07) is 5.67. The van der Waals surface area contributed by atoms with Gasteiger partial charge < -0.3 is 15.6 Å². The molecule has 23 heavy (non-hydrogen) atoms. The number of aromatic nitrogens is 1. The lowest BCUT2D eigenvalue weighted by Crippen LogP contribution is -2.19. The molecule has 1 aliphatic heterocycles. The van der Waals surface area contributed by atoms with Gasteiger partial charge in [-0.05, 0) is 37.6 Å². The van der Waals surface area contributed by atoms with Crippen LogP contribution < -0.4 is 10.6 Å². The third-order valence-corrected chi connectivity index (χ3v) is 4.48. The van der Waals surface area contributed by atoms with Crippen molar-refractivity contribution in [3.63, 3.8) is 0 Å². The van der Waals surface area contributed by atoms with Crippen molar-refractivity contribution in [1.29, 1.82) is 0 Å². The molecule has 0 radical (unpaired) electrons. The molecule has 0 fully saturated rings. The van der Waals surface area contributed by atoms with E-state index in [2.05, 4.69) is 31.5 Å². The number of H-pyrrole nitrogens is 1. The number of halogens is 1. The molecule has 0 saturated heterocycles. The molecule has 0 saturated carbocycles. The van der Waals surface area contributed by atoms with Crippen molar-refractivity contribution >= 4 is 45.1 Å². The number of hydrogen-bond donors (Lipinski definition) is 3. The highest BCUT2D eigenvalue weighted by Crippen LogP contribution is 2.35. The van der Waals surface area contributed by atoms with E-state index in [-0.39, 0.29) is 11.8 Å². The van der Waals surface area contributed by atoms with E-state index < -0.39 is 0 Å². The van der Waals surface area contributed by atoms with Crippen LogP contribution in [0.25, 0.3) is 11.6 Å². The van der Waals surface area contributed by atoms with Crippen LogP contribution in [-0.2, 0) is 4.79 Å². The second-order valence-corrected chi connectivity index (χ2v) is 6.36. The first-order valence-corrected chi connectivity index (χ1v) is 7.96. The largest absolute Gasteiger partial charge is 0.358 e. The molecule has 1 aromatic heterocycles. The molecule has 1 aromatic carbocycles. The molecular formula is C17H16BrN3O2. The topological polar surface area (TPSA) is 74.0 Å². The van der Waals surface area contributed by atoms with Crippen molar-refractivity contribution in [3.05, 3.63) is 50.8 Å². The van der Waals surface area contributed by atoms with Gasteiger partial charge in [-0.3, -0.25) is 9.59 Å². The quantitative estimate of drug-likeness (QED) is 0.706. The van der Waals surface area contributed by atoms with Crippen LogP contribution in [-0.4, -0.2) is 23.8 Å². The normalized spacial score (nSPS) is 14.8. The van der Waals surface area contributed by atoms with Crippen LogP contribution in [0.15, 0.2) is 22.7 Å². The third kappa shape index (κ3) is 2.59. The number of amides is 2. The van der Waals surface area contributed by atoms with Gasteiger partial charge in [0.1, 0.15) is 0 Å². The predicted molar refractivity (Wildman–Crippen MR) is 94.3 cm³/mol. The highest BCUT2D eigenvalue weighted by atomic mass is 79.9. The molecule has 0 atom stereocenters. The molecule has 2 heterocycles. The van der Waals surface area contributed by atoms with Gasteiger partial charge in [-0.1, -0.05) is 22.0 Å². The van der Waals surface area contributed by atoms with Crippen LogP contribution in [0.4, 0.5) is 5.69 Å². The summed E-state index contributed by atoms with van der Waals surface area (Å²) in [5, 5.41) is 5.49. The summed E-state index contributed by atoms with van der Waals surface area (Å²) in [6.45, 7) is 3.72. The number of rotatable bonds is 2. The molecule has 5 nitrogen and oxygen atoms in total. The van der Waals surface area contributed by atoms with Crippen molar-refractivity contribution in [3.8, 4) is 0 Å². The number of carbonyl (C=O) groups is 2. The average Bonchev–Trinajstić information content (AvgIpc) is 2.95. The van der Waals surface area contributed by atoms with Crippen molar-refractivity contribution in [1.82, 2.24) is 10.3 Å². The Hall–Kier alpha value is -2.34. The summed E-state index contributed by atoms with van der Waals surface area (Å²) in [5.41, 5.74) is 5.21. The van der Waals surface area contributed by atoms with Gasteiger partial charge >= 0.3 is 0 Å². The molecule has 0 unspecified atom stereocenters. The molecule has 0 bridgehead atoms. The lowest BCUT2D eigenvalue weighted by molar-refractivity contribution is -0.110. The van der Waals surface area contributed by atoms with E-state index in [0.717, 1.165) is 32.7 Å². The fraction of sp³-hybridized carbons (Fsp3) is 0.176. The van der Waals surface area contributed by atoms with Gasteiger partial charge in [0, 0.05) is 28.5 Å². The van der Waals surface area contributed by atoms with Crippen molar-refractivity contribution in [2.45, 2.75) is 13.8 Å². The van der Waals surface area contributed by atoms with E-state index in [1.807, 2.05) is 32.0 Å². The van der Waals surface area contributed by atoms with E-state index in [9.17, 15) is 9.59 Å². The first-order valence-electron chi connectivity index (χ1n) is 7.16. The average molecular weight is 374 g/mol. The number of hydrogen-bond acceptors (Lipinski definition) is 2. The number of anilines is 1. The Morgan fingerprint density at radius 3 is 2.74 bits per heavy atom. The smallest absolute Gasteiger partial charge is 0.256 e. The van der Waals surface area contributed by atoms with Crippen LogP contribution >= 0.6 is 15.9 Å². The molecule has 0 aliphatic carbocycles. The monoisotopic (exact) mass is 373 g/mol. The summed E-state index contributed by atoms with van der Waals surface area (Å²) in [6.07, 6.45) is 1.80. The van der Waals surface area contributed by atoms with Crippen LogP contribution in [0.3, 0.4) is 0 Å². The van der Waals surface area contributed by atoms with Gasteiger partial charge in [-0.2, -0.15) is 0 Å². The van der Waals surface area contributed by atoms with E-state index in [1.165, 1.54) is 0 Å². The number of nitrogens with one attached hydrogen (secondary N) is 3. The summed E-state index contributed by atoms with van der Waals surface area (Å²) < 4.78 is 0.909. The molecule has 1 aliphatic rings. The van der Waals surface area contributed by atoms with Gasteiger partial charge in [0.25, 0.3) is 11.8 Å². The zero-order chi connectivity index (χ0) is 16.7. The molecular weight excluding hydrogens is 358 g/mol. The zero-order valence-electron chi connectivity index (χ0n) is 13.0. The standard InChI is InChI=1S/C17H16BrN3O2/c1-8-13(20-9(2)15(8)17(23)19-3)7-12-11-5-4-10(18)6-14(11)21-16(12)22/h4-7,20H,1-3H3,(H,19,23)(H,21,22)/b12-7-. The van der Waals surface area contributed by atoms with Gasteiger partial charge in [0.05, 0.1) is 16.8 Å². The second kappa shape index (κ2) is 5.70. The second-order valence-electron chi connectivity index (χ2n) is 5.44. The van der Waals surface area contributed by atoms with Gasteiger partial charge in [-0.15, -0.1) is 0 Å². The first-order chi connectivity index (χ1) is 10.9. The summed E-state index contributed by atoms with van der Waals surface area (Å²) in [4.78, 5) is 27.4. The first kappa shape index (κ1) is 15.6. The summed E-state index contributed by atoms with van der Waals surface area (Å²) in [5.74, 6) is -0.285. The summed E-state index contributed by atoms with van der Waals surface area (Å²) in [7, 11) is 1.60. The van der Waals surface area contributed by atoms with Crippen LogP contribution in [0.5, 0.6) is 0 Å². The minimum atomic E-state index is -0.147. The fourth-order valence-corrected chi connectivity index (χ4v) is 3.20. The lowest BCUT2D eigenvalue weighted by Gasteiger charge is -2.01. The Labute approximate surface area is 142 Å². The minimum absolute atomic E-state index is 0.138. The maximum absolute atomic E-state index is 12.3. The molecule has 6 heteroatoms. The minimum Gasteiger partial charge on any atom is -0.358 e. The van der Waals surface area contributed by atoms with E-state index in [1.54, 1.807) is 13.1 Å². The zero-order valence-corrected chi connectivity index (χ0v) is 14.6. The third-order valence-electron chi connectivity index (χ3n) is 3.98. The molecule has 2 amide bonds. The maximum Gasteiger partial charge on any atom is 0.256 e. The van der Waals surface area contributed by atoms with Gasteiger partial charge in [-0.25, -0.2) is 0 Å². The van der Waals surface area contributed by atoms with Crippen LogP contribution in [0.1, 0.15) is 32.9 Å². The van der Waals surface area contributed by atoms with Crippen molar-refractivity contribution < 1.29 is 9.59 Å². The van der Waals surface area contributed by atoms with E-state index >= 15 is 0 Å². The molecule has 118 valence electrons. The van der Waals surface area contributed by atoms with Crippen molar-refractivity contribution in [2.24, 2.45) is 0 Å². The number of carbonyl (C=O) groups excluding carboxylic acids is 2. The maximum atomic E-state index is 12.3. The Balaban J connectivity index is 2.10. The van der Waals surface area contributed by atoms with E-state index in [0.29, 0.717) is 11.1 Å². The Morgan fingerprint density at radius 1 is 1.30 bits per heavy atom. The SMILES string of the molecule is CNC(=O)c1c(C)[nH]c(/C=C2\C(=O)Nc3cc(Br)ccc32)c1C. The Morgan fingerprint density at radius 2 is 2.04 bits per heavy atom. The van der Waals surface area contributed by atoms with Crippen molar-refractivity contribution in [2.75, 3.05) is 12.4 Å². The Kier molecular flexibility index (Phi) is 3.85. The Bertz CT molecular complexity index is 865. The molecule has 0 spiro atoms. The van der Waals surface area contributed by atoms with Crippen LogP contribution in [0.2, 0.25) is 0 Å². The molecule has 3 rings (SSSR count). The lowest BCUT2D eigenvalue weighted by atomic mass is 10.0. The molecule has 2 aromatic rings. The molecule has 3 N–H and O–H groups in total. The number of benzene rings is 1. The number of aromatic amines is 1. The predicted octanol–water partition coefficient (Wildman–Crippen LogP) is 3.25.